The first-order valence-electron chi connectivity index (χ1n) is 7.76. The Bertz CT molecular complexity index is 1040. The van der Waals surface area contributed by atoms with E-state index in [0.29, 0.717) is 5.92 Å². The summed E-state index contributed by atoms with van der Waals surface area (Å²) < 4.78 is 0. The van der Waals surface area contributed by atoms with Crippen molar-refractivity contribution >= 4 is 32.5 Å². The van der Waals surface area contributed by atoms with Crippen LogP contribution in [0.2, 0.25) is 0 Å². The third kappa shape index (κ3) is 3.15. The predicted octanol–water partition coefficient (Wildman–Crippen LogP) is 4.08. The van der Waals surface area contributed by atoms with Crippen LogP contribution in [0.5, 0.6) is 0 Å². The summed E-state index contributed by atoms with van der Waals surface area (Å²) in [6.45, 7) is 4.44. The Kier molecular flexibility index (Phi) is 5.93. The Labute approximate surface area is 163 Å². The van der Waals surface area contributed by atoms with E-state index in [0.717, 1.165) is 0 Å². The third-order valence-corrected chi connectivity index (χ3v) is 5.37. The SMILES string of the molecule is CC1=c2ccccc2=c2c1c(C)[c-]c(C1C=CC=C1)c2=[SiH2].[Cl][Zr][Cl]. The number of hydrogen-bond acceptors (Lipinski definition) is 0. The molecule has 0 heterocycles. The molecule has 0 aromatic heterocycles. The summed E-state index contributed by atoms with van der Waals surface area (Å²) in [4.78, 5) is 1.40. The van der Waals surface area contributed by atoms with E-state index in [1.165, 1.54) is 42.7 Å². The van der Waals surface area contributed by atoms with Crippen LogP contribution in [0.15, 0.2) is 48.6 Å². The first-order valence-corrected chi connectivity index (χ1v) is 14.8. The van der Waals surface area contributed by atoms with Crippen LogP contribution in [-0.2, 0) is 20.8 Å². The molecule has 0 unspecified atom stereocenters. The molecule has 2 aromatic carbocycles. The number of hydrogen-bond donors (Lipinski definition) is 0. The maximum absolute atomic E-state index is 4.93. The van der Waals surface area contributed by atoms with Gasteiger partial charge in [-0.15, -0.1) is 21.2 Å². The second kappa shape index (κ2) is 7.79. The zero-order chi connectivity index (χ0) is 17.3. The average molecular weight is 448 g/mol. The second-order valence-corrected chi connectivity index (χ2v) is 10.4. The van der Waals surface area contributed by atoms with Crippen molar-refractivity contribution in [1.82, 2.24) is 0 Å². The molecule has 0 amide bonds. The van der Waals surface area contributed by atoms with Gasteiger partial charge in [-0.25, -0.2) is 0 Å². The van der Waals surface area contributed by atoms with Crippen molar-refractivity contribution in [3.8, 4) is 0 Å². The molecule has 2 aliphatic carbocycles. The van der Waals surface area contributed by atoms with Gasteiger partial charge in [0.2, 0.25) is 0 Å². The fourth-order valence-electron chi connectivity index (χ4n) is 3.65. The number of fused-ring (bicyclic) bond motifs is 2. The molecule has 0 fully saturated rings. The van der Waals surface area contributed by atoms with E-state index < -0.39 is 20.8 Å². The quantitative estimate of drug-likeness (QED) is 0.457. The van der Waals surface area contributed by atoms with E-state index in [-0.39, 0.29) is 0 Å². The van der Waals surface area contributed by atoms with Gasteiger partial charge in [0, 0.05) is 0 Å². The van der Waals surface area contributed by atoms with Gasteiger partial charge in [0.25, 0.3) is 0 Å². The number of allylic oxidation sites excluding steroid dienone is 4. The first-order chi connectivity index (χ1) is 11.6. The van der Waals surface area contributed by atoms with Crippen molar-refractivity contribution in [2.24, 2.45) is 0 Å². The number of halogens is 2. The van der Waals surface area contributed by atoms with Crippen LogP contribution in [-0.4, -0.2) is 9.85 Å². The Morgan fingerprint density at radius 3 is 2.25 bits per heavy atom. The number of aryl methyl sites for hydroxylation is 1. The zero-order valence-corrected chi connectivity index (χ0v) is 19.0. The van der Waals surface area contributed by atoms with Gasteiger partial charge in [0.15, 0.2) is 0 Å². The molecule has 4 rings (SSSR count). The van der Waals surface area contributed by atoms with Gasteiger partial charge < -0.3 is 0 Å². The van der Waals surface area contributed by atoms with E-state index >= 15 is 0 Å². The fraction of sp³-hybridized carbons (Fsp3) is 0.150. The number of rotatable bonds is 1. The van der Waals surface area contributed by atoms with Gasteiger partial charge in [-0.05, 0) is 16.4 Å². The van der Waals surface area contributed by atoms with Gasteiger partial charge >= 0.3 is 37.9 Å². The average Bonchev–Trinajstić information content (AvgIpc) is 3.19. The molecule has 0 aliphatic heterocycles. The molecule has 0 bridgehead atoms. The van der Waals surface area contributed by atoms with Crippen LogP contribution < -0.4 is 5.22 Å². The molecule has 0 nitrogen and oxygen atoms in total. The zero-order valence-electron chi connectivity index (χ0n) is 13.7. The van der Waals surface area contributed by atoms with E-state index in [2.05, 4.69) is 68.5 Å². The van der Waals surface area contributed by atoms with Crippen molar-refractivity contribution in [2.45, 2.75) is 19.8 Å². The summed E-state index contributed by atoms with van der Waals surface area (Å²) in [5, 5.41) is 4.20. The topological polar surface area (TPSA) is 0 Å². The van der Waals surface area contributed by atoms with Crippen molar-refractivity contribution in [1.29, 1.82) is 0 Å². The third-order valence-electron chi connectivity index (χ3n) is 4.63. The van der Waals surface area contributed by atoms with Gasteiger partial charge in [-0.2, -0.15) is 11.6 Å². The summed E-state index contributed by atoms with van der Waals surface area (Å²) in [6.07, 6.45) is 8.78. The van der Waals surface area contributed by atoms with Crippen LogP contribution in [0, 0.1) is 28.2 Å². The molecule has 0 atom stereocenters. The van der Waals surface area contributed by atoms with E-state index in [4.69, 9.17) is 17.0 Å². The van der Waals surface area contributed by atoms with Gasteiger partial charge in [-0.3, -0.25) is 0 Å². The van der Waals surface area contributed by atoms with Crippen molar-refractivity contribution in [2.75, 3.05) is 0 Å². The fourth-order valence-corrected chi connectivity index (χ4v) is 4.34. The molecule has 0 radical (unpaired) electrons. The summed E-state index contributed by atoms with van der Waals surface area (Å²) in [5.41, 5.74) is 5.40. The molecular formula is C20H17Cl2SiZr-. The van der Waals surface area contributed by atoms with Crippen LogP contribution in [0.25, 0.3) is 5.57 Å². The molecule has 0 N–H and O–H groups in total. The number of benzene rings is 2. The molecule has 24 heavy (non-hydrogen) atoms. The van der Waals surface area contributed by atoms with Crippen LogP contribution in [0.3, 0.4) is 0 Å². The standard InChI is InChI=1S/C20H17Si.2ClH.Zr/c1-12-11-17(14-7-3-4-8-14)20(21)19-16-10-6-5-9-15(16)13(2)18(12)19;;;/h3-10,14H,21H2,1-2H3;2*1H;/q-1;;;+2/p-2. The summed E-state index contributed by atoms with van der Waals surface area (Å²) in [6, 6.07) is 12.4. The second-order valence-electron chi connectivity index (χ2n) is 5.93. The summed E-state index contributed by atoms with van der Waals surface area (Å²) in [7, 11) is 11.9. The maximum atomic E-state index is 4.93. The molecule has 120 valence electrons. The van der Waals surface area contributed by atoms with Crippen molar-refractivity contribution in [3.05, 3.63) is 91.8 Å². The van der Waals surface area contributed by atoms with E-state index in [1.807, 2.05) is 9.85 Å². The van der Waals surface area contributed by atoms with Crippen molar-refractivity contribution < 1.29 is 20.8 Å². The molecule has 0 spiro atoms. The minimum atomic E-state index is -0.826. The molecular weight excluding hydrogens is 430 g/mol. The Morgan fingerprint density at radius 2 is 1.62 bits per heavy atom. The first kappa shape index (κ1) is 18.3. The molecule has 2 aromatic rings. The van der Waals surface area contributed by atoms with E-state index in [1.54, 1.807) is 0 Å². The summed E-state index contributed by atoms with van der Waals surface area (Å²) in [5.74, 6) is 0.384. The van der Waals surface area contributed by atoms with E-state index in [9.17, 15) is 0 Å². The van der Waals surface area contributed by atoms with Crippen molar-refractivity contribution in [3.63, 3.8) is 0 Å². The molecule has 0 saturated carbocycles. The Morgan fingerprint density at radius 1 is 1.04 bits per heavy atom. The van der Waals surface area contributed by atoms with Gasteiger partial charge in [-0.1, -0.05) is 77.8 Å². The van der Waals surface area contributed by atoms with Gasteiger partial charge in [0.05, 0.1) is 0 Å². The Balaban J connectivity index is 0.000000526. The minimum absolute atomic E-state index is 0.384. The van der Waals surface area contributed by atoms with Crippen LogP contribution >= 0.6 is 17.0 Å². The normalized spacial score (nSPS) is 14.2. The van der Waals surface area contributed by atoms with Gasteiger partial charge in [0.1, 0.15) is 0 Å². The molecule has 2 aliphatic rings. The predicted molar refractivity (Wildman–Crippen MR) is 102 cm³/mol. The summed E-state index contributed by atoms with van der Waals surface area (Å²) >= 11 is -0.826. The molecule has 4 heteroatoms. The van der Waals surface area contributed by atoms with Crippen LogP contribution in [0.4, 0.5) is 0 Å². The van der Waals surface area contributed by atoms with Crippen LogP contribution in [0.1, 0.15) is 29.5 Å². The Hall–Kier alpha value is -0.530. The molecule has 0 saturated heterocycles. The monoisotopic (exact) mass is 445 g/mol.